The Morgan fingerprint density at radius 3 is 2.65 bits per heavy atom. The van der Waals surface area contributed by atoms with Crippen LogP contribution in [-0.4, -0.2) is 17.5 Å². The number of nitrogens with zero attached hydrogens (tertiary/aromatic N) is 1. The van der Waals surface area contributed by atoms with Crippen molar-refractivity contribution in [2.45, 2.75) is 38.3 Å². The Bertz CT molecular complexity index is 411. The highest BCUT2D eigenvalue weighted by atomic mass is 19.1. The Balaban J connectivity index is 1.71. The van der Waals surface area contributed by atoms with Gasteiger partial charge in [0.2, 0.25) is 0 Å². The standard InChI is InChI=1S/C14H19FN2/c15-14-11(2-1-3-13(14)16)9-17(12-6-7-12)8-10-4-5-10/h1-3,10,12H,4-9,16H2. The molecule has 2 nitrogen and oxygen atoms in total. The molecule has 2 N–H and O–H groups in total. The van der Waals surface area contributed by atoms with Crippen molar-refractivity contribution < 1.29 is 4.39 Å². The summed E-state index contributed by atoms with van der Waals surface area (Å²) in [6, 6.07) is 6.02. The van der Waals surface area contributed by atoms with E-state index < -0.39 is 0 Å². The van der Waals surface area contributed by atoms with Gasteiger partial charge in [-0.05, 0) is 37.7 Å². The lowest BCUT2D eigenvalue weighted by Gasteiger charge is -2.22. The predicted molar refractivity (Wildman–Crippen MR) is 67.0 cm³/mol. The number of hydrogen-bond donors (Lipinski definition) is 1. The molecule has 0 aromatic heterocycles. The van der Waals surface area contributed by atoms with Gasteiger partial charge in [-0.25, -0.2) is 4.39 Å². The van der Waals surface area contributed by atoms with E-state index in [9.17, 15) is 4.39 Å². The first-order chi connectivity index (χ1) is 8.24. The molecule has 1 aromatic carbocycles. The van der Waals surface area contributed by atoms with Crippen molar-refractivity contribution in [2.24, 2.45) is 5.92 Å². The van der Waals surface area contributed by atoms with Gasteiger partial charge >= 0.3 is 0 Å². The van der Waals surface area contributed by atoms with Gasteiger partial charge in [0.15, 0.2) is 5.82 Å². The van der Waals surface area contributed by atoms with Gasteiger partial charge in [-0.1, -0.05) is 12.1 Å². The topological polar surface area (TPSA) is 29.3 Å². The van der Waals surface area contributed by atoms with Crippen molar-refractivity contribution in [3.05, 3.63) is 29.6 Å². The Morgan fingerprint density at radius 2 is 2.00 bits per heavy atom. The van der Waals surface area contributed by atoms with Gasteiger partial charge < -0.3 is 5.73 Å². The summed E-state index contributed by atoms with van der Waals surface area (Å²) in [5.74, 6) is 0.633. The third-order valence-electron chi connectivity index (χ3n) is 3.73. The van der Waals surface area contributed by atoms with Crippen molar-refractivity contribution in [2.75, 3.05) is 12.3 Å². The van der Waals surface area contributed by atoms with Gasteiger partial charge in [0.25, 0.3) is 0 Å². The average molecular weight is 234 g/mol. The summed E-state index contributed by atoms with van der Waals surface area (Å²) in [6.07, 6.45) is 5.25. The zero-order valence-corrected chi connectivity index (χ0v) is 10.0. The number of anilines is 1. The van der Waals surface area contributed by atoms with Crippen molar-refractivity contribution in [3.63, 3.8) is 0 Å². The molecule has 0 bridgehead atoms. The minimum absolute atomic E-state index is 0.228. The first-order valence-electron chi connectivity index (χ1n) is 6.51. The van der Waals surface area contributed by atoms with Crippen LogP contribution in [0.25, 0.3) is 0 Å². The number of nitrogens with two attached hydrogens (primary N) is 1. The summed E-state index contributed by atoms with van der Waals surface area (Å²) < 4.78 is 13.8. The molecule has 0 heterocycles. The maximum atomic E-state index is 13.8. The molecule has 0 aliphatic heterocycles. The largest absolute Gasteiger partial charge is 0.396 e. The summed E-state index contributed by atoms with van der Waals surface area (Å²) in [5.41, 5.74) is 6.62. The molecule has 92 valence electrons. The van der Waals surface area contributed by atoms with E-state index in [-0.39, 0.29) is 11.5 Å². The van der Waals surface area contributed by atoms with Gasteiger partial charge in [-0.15, -0.1) is 0 Å². The fraction of sp³-hybridized carbons (Fsp3) is 0.571. The first-order valence-corrected chi connectivity index (χ1v) is 6.51. The second-order valence-corrected chi connectivity index (χ2v) is 5.42. The van der Waals surface area contributed by atoms with Gasteiger partial charge in [-0.2, -0.15) is 0 Å². The van der Waals surface area contributed by atoms with Gasteiger partial charge in [0.05, 0.1) is 5.69 Å². The second-order valence-electron chi connectivity index (χ2n) is 5.42. The Hall–Kier alpha value is -1.09. The molecular formula is C14H19FN2. The zero-order valence-electron chi connectivity index (χ0n) is 10.0. The molecule has 2 aliphatic rings. The highest BCUT2D eigenvalue weighted by molar-refractivity contribution is 5.42. The molecule has 0 radical (unpaired) electrons. The minimum Gasteiger partial charge on any atom is -0.396 e. The van der Waals surface area contributed by atoms with E-state index >= 15 is 0 Å². The first kappa shape index (κ1) is 11.0. The predicted octanol–water partition coefficient (Wildman–Crippen LogP) is 2.78. The fourth-order valence-corrected chi connectivity index (χ4v) is 2.36. The lowest BCUT2D eigenvalue weighted by molar-refractivity contribution is 0.241. The summed E-state index contributed by atoms with van der Waals surface area (Å²) >= 11 is 0. The lowest BCUT2D eigenvalue weighted by Crippen LogP contribution is -2.28. The van der Waals surface area contributed by atoms with E-state index in [1.54, 1.807) is 6.07 Å². The van der Waals surface area contributed by atoms with Crippen LogP contribution in [0.5, 0.6) is 0 Å². The van der Waals surface area contributed by atoms with Crippen LogP contribution in [0.2, 0.25) is 0 Å². The van der Waals surface area contributed by atoms with Crippen LogP contribution in [-0.2, 0) is 6.54 Å². The molecule has 1 aromatic rings. The van der Waals surface area contributed by atoms with Crippen molar-refractivity contribution in [1.82, 2.24) is 4.90 Å². The smallest absolute Gasteiger partial charge is 0.150 e. The molecule has 3 rings (SSSR count). The van der Waals surface area contributed by atoms with Crippen molar-refractivity contribution in [3.8, 4) is 0 Å². The van der Waals surface area contributed by atoms with Crippen molar-refractivity contribution >= 4 is 5.69 Å². The Kier molecular flexibility index (Phi) is 2.79. The molecule has 0 atom stereocenters. The van der Waals surface area contributed by atoms with E-state index in [4.69, 9.17) is 5.73 Å². The maximum absolute atomic E-state index is 13.8. The highest BCUT2D eigenvalue weighted by Crippen LogP contribution is 2.36. The molecule has 2 saturated carbocycles. The van der Waals surface area contributed by atoms with E-state index in [2.05, 4.69) is 4.90 Å². The van der Waals surface area contributed by atoms with Crippen LogP contribution in [0.3, 0.4) is 0 Å². The van der Waals surface area contributed by atoms with E-state index in [0.29, 0.717) is 6.04 Å². The number of hydrogen-bond acceptors (Lipinski definition) is 2. The van der Waals surface area contributed by atoms with E-state index in [1.165, 1.54) is 25.7 Å². The highest BCUT2D eigenvalue weighted by Gasteiger charge is 2.33. The third kappa shape index (κ3) is 2.60. The van der Waals surface area contributed by atoms with E-state index in [0.717, 1.165) is 24.6 Å². The monoisotopic (exact) mass is 234 g/mol. The summed E-state index contributed by atoms with van der Waals surface area (Å²) in [7, 11) is 0. The summed E-state index contributed by atoms with van der Waals surface area (Å²) in [5, 5.41) is 0. The minimum atomic E-state index is -0.228. The maximum Gasteiger partial charge on any atom is 0.150 e. The lowest BCUT2D eigenvalue weighted by atomic mass is 10.1. The molecule has 0 unspecified atom stereocenters. The van der Waals surface area contributed by atoms with Gasteiger partial charge in [0.1, 0.15) is 0 Å². The summed E-state index contributed by atoms with van der Waals surface area (Å²) in [4.78, 5) is 2.44. The zero-order chi connectivity index (χ0) is 11.8. The molecule has 3 heteroatoms. The van der Waals surface area contributed by atoms with Crippen molar-refractivity contribution in [1.29, 1.82) is 0 Å². The number of nitrogen functional groups attached to an aromatic ring is 1. The van der Waals surface area contributed by atoms with Crippen LogP contribution in [0.1, 0.15) is 31.2 Å². The number of benzene rings is 1. The Morgan fingerprint density at radius 1 is 1.24 bits per heavy atom. The Labute approximate surface area is 102 Å². The van der Waals surface area contributed by atoms with Gasteiger partial charge in [0, 0.05) is 24.7 Å². The molecule has 0 amide bonds. The third-order valence-corrected chi connectivity index (χ3v) is 3.73. The second kappa shape index (κ2) is 4.30. The molecule has 17 heavy (non-hydrogen) atoms. The van der Waals surface area contributed by atoms with Crippen LogP contribution in [0.15, 0.2) is 18.2 Å². The molecule has 2 aliphatic carbocycles. The van der Waals surface area contributed by atoms with Crippen LogP contribution >= 0.6 is 0 Å². The number of halogens is 1. The molecule has 0 saturated heterocycles. The molecule has 2 fully saturated rings. The fourth-order valence-electron chi connectivity index (χ4n) is 2.36. The van der Waals surface area contributed by atoms with Crippen LogP contribution < -0.4 is 5.73 Å². The van der Waals surface area contributed by atoms with E-state index in [1.807, 2.05) is 12.1 Å². The average Bonchev–Trinajstić information content (AvgIpc) is 3.15. The molecule has 0 spiro atoms. The van der Waals surface area contributed by atoms with Crippen LogP contribution in [0, 0.1) is 11.7 Å². The quantitative estimate of drug-likeness (QED) is 0.794. The summed E-state index contributed by atoms with van der Waals surface area (Å²) in [6.45, 7) is 1.86. The molecular weight excluding hydrogens is 215 g/mol. The number of rotatable bonds is 5. The van der Waals surface area contributed by atoms with Gasteiger partial charge in [-0.3, -0.25) is 4.90 Å². The van der Waals surface area contributed by atoms with Crippen LogP contribution in [0.4, 0.5) is 10.1 Å². The normalized spacial score (nSPS) is 19.9. The SMILES string of the molecule is Nc1cccc(CN(CC2CC2)C2CC2)c1F.